The largest absolute Gasteiger partial charge is 0.496 e. The maximum atomic E-state index is 13.6. The molecule has 0 saturated heterocycles. The van der Waals surface area contributed by atoms with Crippen molar-refractivity contribution in [3.8, 4) is 11.5 Å². The van der Waals surface area contributed by atoms with Crippen molar-refractivity contribution in [3.63, 3.8) is 0 Å². The molecular formula is C28H34N2O5S. The molecule has 0 aliphatic heterocycles. The lowest BCUT2D eigenvalue weighted by molar-refractivity contribution is -0.120. The first kappa shape index (κ1) is 27.1. The Kier molecular flexibility index (Phi) is 8.63. The average molecular weight is 511 g/mol. The summed E-state index contributed by atoms with van der Waals surface area (Å²) in [6, 6.07) is 18.5. The van der Waals surface area contributed by atoms with E-state index < -0.39 is 22.5 Å². The molecule has 0 spiro atoms. The summed E-state index contributed by atoms with van der Waals surface area (Å²) in [5, 5.41) is 2.98. The number of nitrogens with one attached hydrogen (secondary N) is 1. The lowest BCUT2D eigenvalue weighted by Gasteiger charge is -2.27. The lowest BCUT2D eigenvalue weighted by Crippen LogP contribution is -2.41. The van der Waals surface area contributed by atoms with Crippen molar-refractivity contribution in [1.29, 1.82) is 0 Å². The van der Waals surface area contributed by atoms with Crippen molar-refractivity contribution in [2.75, 3.05) is 25.1 Å². The molecule has 1 amide bonds. The van der Waals surface area contributed by atoms with E-state index in [0.29, 0.717) is 5.75 Å². The number of ether oxygens (including phenoxy) is 2. The third-order valence-electron chi connectivity index (χ3n) is 6.06. The SMILES string of the molecule is COc1cc(C)c([C@@H](C)NC(=O)CN(c2ccccc2OC)S(=O)(=O)c2ccccc2)cc1C(C)C. The Morgan fingerprint density at radius 1 is 0.889 bits per heavy atom. The van der Waals surface area contributed by atoms with Crippen molar-refractivity contribution in [3.05, 3.63) is 83.4 Å². The molecule has 0 heterocycles. The zero-order chi connectivity index (χ0) is 26.5. The number of nitrogens with zero attached hydrogens (tertiary/aromatic N) is 1. The molecule has 36 heavy (non-hydrogen) atoms. The van der Waals surface area contributed by atoms with Gasteiger partial charge in [0.15, 0.2) is 0 Å². The number of benzene rings is 3. The first-order valence-electron chi connectivity index (χ1n) is 11.8. The second-order valence-electron chi connectivity index (χ2n) is 8.89. The minimum Gasteiger partial charge on any atom is -0.496 e. The minimum absolute atomic E-state index is 0.0873. The summed E-state index contributed by atoms with van der Waals surface area (Å²) in [4.78, 5) is 13.3. The third-order valence-corrected chi connectivity index (χ3v) is 7.83. The van der Waals surface area contributed by atoms with Gasteiger partial charge in [-0.2, -0.15) is 0 Å². The molecule has 0 fully saturated rings. The van der Waals surface area contributed by atoms with Crippen molar-refractivity contribution < 1.29 is 22.7 Å². The van der Waals surface area contributed by atoms with Crippen LogP contribution in [0, 0.1) is 6.92 Å². The molecule has 8 heteroatoms. The fourth-order valence-corrected chi connectivity index (χ4v) is 5.61. The summed E-state index contributed by atoms with van der Waals surface area (Å²) >= 11 is 0. The van der Waals surface area contributed by atoms with Gasteiger partial charge < -0.3 is 14.8 Å². The van der Waals surface area contributed by atoms with Crippen LogP contribution in [0.5, 0.6) is 11.5 Å². The average Bonchev–Trinajstić information content (AvgIpc) is 2.87. The molecule has 0 aromatic heterocycles. The number of aryl methyl sites for hydroxylation is 1. The number of sulfonamides is 1. The molecule has 0 aliphatic rings. The highest BCUT2D eigenvalue weighted by molar-refractivity contribution is 7.92. The van der Waals surface area contributed by atoms with Crippen LogP contribution in [0.15, 0.2) is 71.6 Å². The molecule has 1 atom stereocenters. The first-order valence-corrected chi connectivity index (χ1v) is 13.2. The van der Waals surface area contributed by atoms with E-state index in [2.05, 4.69) is 19.2 Å². The van der Waals surface area contributed by atoms with Crippen molar-refractivity contribution >= 4 is 21.6 Å². The Morgan fingerprint density at radius 3 is 2.11 bits per heavy atom. The number of hydrogen-bond acceptors (Lipinski definition) is 5. The maximum absolute atomic E-state index is 13.6. The maximum Gasteiger partial charge on any atom is 0.264 e. The summed E-state index contributed by atoms with van der Waals surface area (Å²) in [5.41, 5.74) is 3.25. The number of hydrogen-bond donors (Lipinski definition) is 1. The van der Waals surface area contributed by atoms with Crippen LogP contribution < -0.4 is 19.1 Å². The van der Waals surface area contributed by atoms with E-state index >= 15 is 0 Å². The highest BCUT2D eigenvalue weighted by Crippen LogP contribution is 2.33. The van der Waals surface area contributed by atoms with Gasteiger partial charge in [0.1, 0.15) is 18.0 Å². The minimum atomic E-state index is -4.04. The van der Waals surface area contributed by atoms with Gasteiger partial charge in [-0.1, -0.05) is 44.2 Å². The van der Waals surface area contributed by atoms with Crippen LogP contribution >= 0.6 is 0 Å². The summed E-state index contributed by atoms with van der Waals surface area (Å²) in [5.74, 6) is 0.958. The second-order valence-corrected chi connectivity index (χ2v) is 10.8. The summed E-state index contributed by atoms with van der Waals surface area (Å²) in [6.45, 7) is 7.61. The van der Waals surface area contributed by atoms with Crippen molar-refractivity contribution in [2.24, 2.45) is 0 Å². The molecule has 192 valence electrons. The predicted octanol–water partition coefficient (Wildman–Crippen LogP) is 5.21. The first-order chi connectivity index (χ1) is 17.1. The van der Waals surface area contributed by atoms with Gasteiger partial charge in [-0.05, 0) is 72.9 Å². The van der Waals surface area contributed by atoms with E-state index in [-0.39, 0.29) is 22.5 Å². The van der Waals surface area contributed by atoms with Gasteiger partial charge in [-0.25, -0.2) is 8.42 Å². The standard InChI is InChI=1S/C28H34N2O5S/c1-19(2)23-17-24(20(3)16-27(23)35-6)21(4)29-28(31)18-30(25-14-10-11-15-26(25)34-5)36(32,33)22-12-8-7-9-13-22/h7-17,19,21H,18H2,1-6H3,(H,29,31)/t21-/m1/s1. The van der Waals surface area contributed by atoms with Crippen LogP contribution in [-0.2, 0) is 14.8 Å². The smallest absolute Gasteiger partial charge is 0.264 e. The number of para-hydroxylation sites is 2. The number of carbonyl (C=O) groups is 1. The van der Waals surface area contributed by atoms with E-state index in [0.717, 1.165) is 26.7 Å². The summed E-state index contributed by atoms with van der Waals surface area (Å²) in [7, 11) is -0.932. The van der Waals surface area contributed by atoms with E-state index in [1.54, 1.807) is 49.6 Å². The summed E-state index contributed by atoms with van der Waals surface area (Å²) in [6.07, 6.45) is 0. The number of amides is 1. The number of carbonyl (C=O) groups excluding carboxylic acids is 1. The van der Waals surface area contributed by atoms with Crippen LogP contribution in [0.3, 0.4) is 0 Å². The quantitative estimate of drug-likeness (QED) is 0.405. The fraction of sp³-hybridized carbons (Fsp3) is 0.321. The van der Waals surface area contributed by atoms with Gasteiger partial charge in [-0.15, -0.1) is 0 Å². The molecule has 0 unspecified atom stereocenters. The second kappa shape index (κ2) is 11.5. The van der Waals surface area contributed by atoms with Gasteiger partial charge in [0.2, 0.25) is 5.91 Å². The van der Waals surface area contributed by atoms with Gasteiger partial charge in [0.05, 0.1) is 30.8 Å². The molecular weight excluding hydrogens is 476 g/mol. The molecule has 1 N–H and O–H groups in total. The van der Waals surface area contributed by atoms with E-state index in [4.69, 9.17) is 9.47 Å². The van der Waals surface area contributed by atoms with Crippen molar-refractivity contribution in [1.82, 2.24) is 5.32 Å². The van der Waals surface area contributed by atoms with Gasteiger partial charge in [0, 0.05) is 0 Å². The van der Waals surface area contributed by atoms with E-state index in [1.165, 1.54) is 19.2 Å². The molecule has 0 aliphatic carbocycles. The monoisotopic (exact) mass is 510 g/mol. The van der Waals surface area contributed by atoms with Crippen molar-refractivity contribution in [2.45, 2.75) is 44.6 Å². The predicted molar refractivity (Wildman–Crippen MR) is 142 cm³/mol. The Labute approximate surface area is 214 Å². The number of anilines is 1. The van der Waals surface area contributed by atoms with Crippen LogP contribution in [0.25, 0.3) is 0 Å². The molecule has 3 rings (SSSR count). The Balaban J connectivity index is 1.94. The summed E-state index contributed by atoms with van der Waals surface area (Å²) < 4.78 is 39.3. The van der Waals surface area contributed by atoms with Gasteiger partial charge in [0.25, 0.3) is 10.0 Å². The molecule has 3 aromatic rings. The van der Waals surface area contributed by atoms with Crippen LogP contribution in [-0.4, -0.2) is 35.1 Å². The fourth-order valence-electron chi connectivity index (χ4n) is 4.16. The van der Waals surface area contributed by atoms with Gasteiger partial charge >= 0.3 is 0 Å². The third kappa shape index (κ3) is 5.82. The topological polar surface area (TPSA) is 84.9 Å². The lowest BCUT2D eigenvalue weighted by atomic mass is 9.93. The Morgan fingerprint density at radius 2 is 1.50 bits per heavy atom. The van der Waals surface area contributed by atoms with Crippen LogP contribution in [0.1, 0.15) is 49.4 Å². The Bertz CT molecular complexity index is 1310. The van der Waals surface area contributed by atoms with Gasteiger partial charge in [-0.3, -0.25) is 9.10 Å². The zero-order valence-electron chi connectivity index (χ0n) is 21.6. The molecule has 0 saturated carbocycles. The molecule has 7 nitrogen and oxygen atoms in total. The normalized spacial score (nSPS) is 12.2. The molecule has 3 aromatic carbocycles. The van der Waals surface area contributed by atoms with Crippen LogP contribution in [0.4, 0.5) is 5.69 Å². The van der Waals surface area contributed by atoms with E-state index in [1.807, 2.05) is 26.0 Å². The highest BCUT2D eigenvalue weighted by atomic mass is 32.2. The Hall–Kier alpha value is -3.52. The molecule has 0 bridgehead atoms. The number of methoxy groups -OCH3 is 2. The zero-order valence-corrected chi connectivity index (χ0v) is 22.4. The van der Waals surface area contributed by atoms with Crippen LogP contribution in [0.2, 0.25) is 0 Å². The highest BCUT2D eigenvalue weighted by Gasteiger charge is 2.30. The number of rotatable bonds is 10. The van der Waals surface area contributed by atoms with E-state index in [9.17, 15) is 13.2 Å². The molecule has 0 radical (unpaired) electrons.